The molecule has 0 saturated heterocycles. The van der Waals surface area contributed by atoms with Gasteiger partial charge in [-0.2, -0.15) is 5.10 Å². The van der Waals surface area contributed by atoms with Gasteiger partial charge < -0.3 is 10.1 Å². The van der Waals surface area contributed by atoms with Crippen LogP contribution < -0.4 is 5.32 Å². The van der Waals surface area contributed by atoms with E-state index in [9.17, 15) is 9.59 Å². The molecule has 3 rings (SSSR count). The first-order valence-corrected chi connectivity index (χ1v) is 9.22. The van der Waals surface area contributed by atoms with Crippen LogP contribution in [0.4, 0.5) is 0 Å². The van der Waals surface area contributed by atoms with Gasteiger partial charge in [0.1, 0.15) is 0 Å². The quantitative estimate of drug-likeness (QED) is 0.639. The Balaban J connectivity index is 1.81. The summed E-state index contributed by atoms with van der Waals surface area (Å²) in [6.07, 6.45) is 0.0575. The van der Waals surface area contributed by atoms with Gasteiger partial charge in [0.15, 0.2) is 5.69 Å². The number of aromatic nitrogens is 2. The predicted molar refractivity (Wildman–Crippen MR) is 106 cm³/mol. The first-order valence-electron chi connectivity index (χ1n) is 9.22. The number of esters is 1. The van der Waals surface area contributed by atoms with Crippen LogP contribution in [0.2, 0.25) is 0 Å². The summed E-state index contributed by atoms with van der Waals surface area (Å²) >= 11 is 0. The van der Waals surface area contributed by atoms with Gasteiger partial charge in [-0.1, -0.05) is 48.5 Å². The molecule has 1 atom stereocenters. The van der Waals surface area contributed by atoms with E-state index in [4.69, 9.17) is 4.74 Å². The standard InChI is InChI=1S/C22H23N3O3/c1-3-28-21(26)15-19(17-10-6-4-7-11-17)23-22(27)20-14-16(2)25(24-20)18-12-8-5-9-13-18/h4-14,19H,3,15H2,1-2H3,(H,23,27). The number of aryl methyl sites for hydroxylation is 1. The lowest BCUT2D eigenvalue weighted by Crippen LogP contribution is -2.31. The number of carbonyl (C=O) groups is 2. The van der Waals surface area contributed by atoms with E-state index in [1.165, 1.54) is 0 Å². The van der Waals surface area contributed by atoms with Crippen molar-refractivity contribution in [2.45, 2.75) is 26.3 Å². The van der Waals surface area contributed by atoms with E-state index in [1.54, 1.807) is 17.7 Å². The van der Waals surface area contributed by atoms with Gasteiger partial charge in [0.05, 0.1) is 24.8 Å². The molecule has 0 spiro atoms. The highest BCUT2D eigenvalue weighted by molar-refractivity contribution is 5.93. The number of nitrogens with zero attached hydrogens (tertiary/aromatic N) is 2. The normalized spacial score (nSPS) is 11.6. The van der Waals surface area contributed by atoms with Crippen molar-refractivity contribution in [1.82, 2.24) is 15.1 Å². The van der Waals surface area contributed by atoms with Crippen LogP contribution in [-0.4, -0.2) is 28.3 Å². The van der Waals surface area contributed by atoms with E-state index in [2.05, 4.69) is 10.4 Å². The van der Waals surface area contributed by atoms with Gasteiger partial charge in [0.25, 0.3) is 5.91 Å². The second-order valence-electron chi connectivity index (χ2n) is 6.36. The van der Waals surface area contributed by atoms with Crippen molar-refractivity contribution in [3.8, 4) is 5.69 Å². The molecule has 1 N–H and O–H groups in total. The Morgan fingerprint density at radius 2 is 1.71 bits per heavy atom. The fraction of sp³-hybridized carbons (Fsp3) is 0.227. The number of benzene rings is 2. The van der Waals surface area contributed by atoms with Crippen molar-refractivity contribution in [2.75, 3.05) is 6.61 Å². The van der Waals surface area contributed by atoms with Gasteiger partial charge in [0, 0.05) is 5.69 Å². The summed E-state index contributed by atoms with van der Waals surface area (Å²) in [4.78, 5) is 24.8. The molecular weight excluding hydrogens is 354 g/mol. The monoisotopic (exact) mass is 377 g/mol. The van der Waals surface area contributed by atoms with E-state index < -0.39 is 6.04 Å². The molecule has 0 fully saturated rings. The number of hydrogen-bond acceptors (Lipinski definition) is 4. The Labute approximate surface area is 164 Å². The molecule has 6 nitrogen and oxygen atoms in total. The summed E-state index contributed by atoms with van der Waals surface area (Å²) in [5.41, 5.74) is 2.86. The summed E-state index contributed by atoms with van der Waals surface area (Å²) in [7, 11) is 0. The van der Waals surface area contributed by atoms with Gasteiger partial charge in [-0.15, -0.1) is 0 Å². The molecule has 28 heavy (non-hydrogen) atoms. The number of para-hydroxylation sites is 1. The first kappa shape index (κ1) is 19.4. The predicted octanol–water partition coefficient (Wildman–Crippen LogP) is 3.61. The Hall–Kier alpha value is -3.41. The van der Waals surface area contributed by atoms with Gasteiger partial charge in [-0.25, -0.2) is 4.68 Å². The average molecular weight is 377 g/mol. The average Bonchev–Trinajstić information content (AvgIpc) is 3.11. The third kappa shape index (κ3) is 4.65. The third-order valence-corrected chi connectivity index (χ3v) is 4.30. The number of rotatable bonds is 7. The highest BCUT2D eigenvalue weighted by atomic mass is 16.5. The maximum Gasteiger partial charge on any atom is 0.308 e. The number of carbonyl (C=O) groups excluding carboxylic acids is 2. The number of nitrogens with one attached hydrogen (secondary N) is 1. The van der Waals surface area contributed by atoms with Crippen molar-refractivity contribution in [3.63, 3.8) is 0 Å². The maximum atomic E-state index is 12.8. The van der Waals surface area contributed by atoms with Crippen LogP contribution in [0.3, 0.4) is 0 Å². The Bertz CT molecular complexity index is 936. The van der Waals surface area contributed by atoms with Crippen LogP contribution in [0.5, 0.6) is 0 Å². The molecule has 0 aliphatic carbocycles. The van der Waals surface area contributed by atoms with Gasteiger partial charge >= 0.3 is 5.97 Å². The molecule has 0 saturated carbocycles. The summed E-state index contributed by atoms with van der Waals surface area (Å²) in [6.45, 7) is 3.95. The van der Waals surface area contributed by atoms with Crippen LogP contribution >= 0.6 is 0 Å². The zero-order valence-electron chi connectivity index (χ0n) is 16.0. The van der Waals surface area contributed by atoms with E-state index in [1.807, 2.05) is 67.6 Å². The molecule has 1 aromatic heterocycles. The molecule has 6 heteroatoms. The summed E-state index contributed by atoms with van der Waals surface area (Å²) in [6, 6.07) is 20.2. The van der Waals surface area contributed by atoms with E-state index in [0.29, 0.717) is 12.3 Å². The lowest BCUT2D eigenvalue weighted by atomic mass is 10.0. The molecule has 1 heterocycles. The summed E-state index contributed by atoms with van der Waals surface area (Å²) in [5, 5.41) is 7.35. The molecule has 144 valence electrons. The van der Waals surface area contributed by atoms with Crippen LogP contribution in [0.15, 0.2) is 66.7 Å². The zero-order valence-corrected chi connectivity index (χ0v) is 16.0. The van der Waals surface area contributed by atoms with Crippen molar-refractivity contribution >= 4 is 11.9 Å². The number of ether oxygens (including phenoxy) is 1. The number of amides is 1. The summed E-state index contributed by atoms with van der Waals surface area (Å²) < 4.78 is 6.77. The van der Waals surface area contributed by atoms with Crippen molar-refractivity contribution in [3.05, 3.63) is 83.7 Å². The highest BCUT2D eigenvalue weighted by Crippen LogP contribution is 2.19. The molecule has 1 unspecified atom stereocenters. The maximum absolute atomic E-state index is 12.8. The van der Waals surface area contributed by atoms with Crippen molar-refractivity contribution < 1.29 is 14.3 Å². The fourth-order valence-electron chi connectivity index (χ4n) is 2.97. The first-order chi connectivity index (χ1) is 13.6. The molecule has 0 aliphatic heterocycles. The second-order valence-corrected chi connectivity index (χ2v) is 6.36. The topological polar surface area (TPSA) is 73.2 Å². The minimum absolute atomic E-state index is 0.0575. The van der Waals surface area contributed by atoms with Crippen LogP contribution in [0.25, 0.3) is 5.69 Å². The minimum Gasteiger partial charge on any atom is -0.466 e. The summed E-state index contributed by atoms with van der Waals surface area (Å²) in [5.74, 6) is -0.696. The van der Waals surface area contributed by atoms with E-state index in [-0.39, 0.29) is 18.3 Å². The molecule has 3 aromatic rings. The zero-order chi connectivity index (χ0) is 19.9. The van der Waals surface area contributed by atoms with Gasteiger partial charge in [-0.3, -0.25) is 9.59 Å². The third-order valence-electron chi connectivity index (χ3n) is 4.30. The second kappa shape index (κ2) is 8.99. The lowest BCUT2D eigenvalue weighted by molar-refractivity contribution is -0.143. The fourth-order valence-corrected chi connectivity index (χ4v) is 2.97. The molecule has 0 bridgehead atoms. The Morgan fingerprint density at radius 3 is 2.36 bits per heavy atom. The van der Waals surface area contributed by atoms with Gasteiger partial charge in [0.2, 0.25) is 0 Å². The molecule has 0 radical (unpaired) electrons. The molecular formula is C22H23N3O3. The van der Waals surface area contributed by atoms with Crippen LogP contribution in [-0.2, 0) is 9.53 Å². The Morgan fingerprint density at radius 1 is 1.07 bits per heavy atom. The van der Waals surface area contributed by atoms with Crippen LogP contribution in [0, 0.1) is 6.92 Å². The van der Waals surface area contributed by atoms with Gasteiger partial charge in [-0.05, 0) is 37.6 Å². The van der Waals surface area contributed by atoms with E-state index >= 15 is 0 Å². The highest BCUT2D eigenvalue weighted by Gasteiger charge is 2.22. The largest absolute Gasteiger partial charge is 0.466 e. The Kier molecular flexibility index (Phi) is 6.22. The molecule has 2 aromatic carbocycles. The van der Waals surface area contributed by atoms with Crippen molar-refractivity contribution in [2.24, 2.45) is 0 Å². The van der Waals surface area contributed by atoms with Crippen LogP contribution in [0.1, 0.15) is 41.1 Å². The molecule has 1 amide bonds. The lowest BCUT2D eigenvalue weighted by Gasteiger charge is -2.18. The SMILES string of the molecule is CCOC(=O)CC(NC(=O)c1cc(C)n(-c2ccccc2)n1)c1ccccc1. The molecule has 0 aliphatic rings. The number of hydrogen-bond donors (Lipinski definition) is 1. The van der Waals surface area contributed by atoms with E-state index in [0.717, 1.165) is 16.9 Å². The smallest absolute Gasteiger partial charge is 0.308 e. The van der Waals surface area contributed by atoms with Crippen molar-refractivity contribution in [1.29, 1.82) is 0 Å². The minimum atomic E-state index is -0.491.